The molecule has 3 rings (SSSR count). The molecule has 128 valence electrons. The minimum Gasteiger partial charge on any atom is -0.319 e. The second-order valence-electron chi connectivity index (χ2n) is 5.26. The molecular formula is C18H17BrN4OS. The van der Waals surface area contributed by atoms with Crippen LogP contribution in [0, 0.1) is 0 Å². The Bertz CT molecular complexity index is 905. The summed E-state index contributed by atoms with van der Waals surface area (Å²) in [5.74, 6) is 0.106. The molecule has 0 saturated heterocycles. The summed E-state index contributed by atoms with van der Waals surface area (Å²) in [5, 5.41) is 4.83. The van der Waals surface area contributed by atoms with Crippen molar-refractivity contribution in [3.8, 4) is 0 Å². The van der Waals surface area contributed by atoms with Gasteiger partial charge in [0, 0.05) is 11.0 Å². The Morgan fingerprint density at radius 3 is 2.80 bits per heavy atom. The molecule has 2 aromatic carbocycles. The number of halogens is 1. The number of hydrogen-bond acceptors (Lipinski definition) is 4. The third-order valence-corrected chi connectivity index (χ3v) is 5.05. The van der Waals surface area contributed by atoms with Crippen molar-refractivity contribution in [1.29, 1.82) is 0 Å². The second-order valence-corrected chi connectivity index (χ2v) is 7.12. The van der Waals surface area contributed by atoms with E-state index in [1.807, 2.05) is 48.5 Å². The summed E-state index contributed by atoms with van der Waals surface area (Å²) in [6.07, 6.45) is 1.62. The standard InChI is InChI=1S/C18H17BrN4OS/c1-2-23-16-6-4-3-5-15(16)21-18(23)25-12-17(24)22-20-11-13-7-9-14(19)10-8-13/h3-11H,2,12H2,1H3,(H,22,24). The van der Waals surface area contributed by atoms with Gasteiger partial charge in [-0.05, 0) is 36.8 Å². The number of nitrogens with zero attached hydrogens (tertiary/aromatic N) is 3. The van der Waals surface area contributed by atoms with Gasteiger partial charge >= 0.3 is 0 Å². The topological polar surface area (TPSA) is 59.3 Å². The van der Waals surface area contributed by atoms with Crippen LogP contribution in [-0.2, 0) is 11.3 Å². The first kappa shape index (κ1) is 17.7. The molecule has 0 fully saturated rings. The molecule has 0 saturated carbocycles. The van der Waals surface area contributed by atoms with Gasteiger partial charge in [0.15, 0.2) is 5.16 Å². The van der Waals surface area contributed by atoms with Crippen LogP contribution in [0.4, 0.5) is 0 Å². The molecule has 0 aliphatic rings. The van der Waals surface area contributed by atoms with Gasteiger partial charge < -0.3 is 4.57 Å². The van der Waals surface area contributed by atoms with E-state index in [0.717, 1.165) is 32.8 Å². The summed E-state index contributed by atoms with van der Waals surface area (Å²) in [4.78, 5) is 16.6. The lowest BCUT2D eigenvalue weighted by Gasteiger charge is -2.04. The van der Waals surface area contributed by atoms with E-state index in [1.165, 1.54) is 11.8 Å². The SMILES string of the molecule is CCn1c(SCC(=O)NN=Cc2ccc(Br)cc2)nc2ccccc21. The van der Waals surface area contributed by atoms with E-state index in [4.69, 9.17) is 0 Å². The Morgan fingerprint density at radius 1 is 1.28 bits per heavy atom. The molecule has 0 atom stereocenters. The molecule has 0 aliphatic carbocycles. The maximum absolute atomic E-state index is 12.0. The highest BCUT2D eigenvalue weighted by Gasteiger charge is 2.11. The number of carbonyl (C=O) groups is 1. The smallest absolute Gasteiger partial charge is 0.250 e. The molecule has 5 nitrogen and oxygen atoms in total. The van der Waals surface area contributed by atoms with Crippen molar-refractivity contribution < 1.29 is 4.79 Å². The summed E-state index contributed by atoms with van der Waals surface area (Å²) < 4.78 is 3.11. The zero-order valence-corrected chi connectivity index (χ0v) is 16.0. The van der Waals surface area contributed by atoms with Crippen LogP contribution in [0.2, 0.25) is 0 Å². The Morgan fingerprint density at radius 2 is 2.04 bits per heavy atom. The summed E-state index contributed by atoms with van der Waals surface area (Å²) in [6, 6.07) is 15.7. The Hall–Kier alpha value is -2.12. The number of thioether (sulfide) groups is 1. The Kier molecular flexibility index (Phi) is 5.88. The normalized spacial score (nSPS) is 11.3. The average molecular weight is 417 g/mol. The molecule has 1 heterocycles. The molecule has 3 aromatic rings. The van der Waals surface area contributed by atoms with Crippen molar-refractivity contribution in [2.24, 2.45) is 5.10 Å². The van der Waals surface area contributed by atoms with Gasteiger partial charge in [-0.25, -0.2) is 10.4 Å². The van der Waals surface area contributed by atoms with Gasteiger partial charge in [-0.3, -0.25) is 4.79 Å². The maximum atomic E-state index is 12.0. The Labute approximate surface area is 158 Å². The largest absolute Gasteiger partial charge is 0.319 e. The predicted molar refractivity (Wildman–Crippen MR) is 106 cm³/mol. The molecule has 1 N–H and O–H groups in total. The number of hydrazone groups is 1. The number of carbonyl (C=O) groups excluding carboxylic acids is 1. The highest BCUT2D eigenvalue weighted by Crippen LogP contribution is 2.23. The van der Waals surface area contributed by atoms with E-state index in [-0.39, 0.29) is 11.7 Å². The molecule has 0 bridgehead atoms. The monoisotopic (exact) mass is 416 g/mol. The molecule has 0 radical (unpaired) electrons. The Balaban J connectivity index is 1.58. The third-order valence-electron chi connectivity index (χ3n) is 3.54. The average Bonchev–Trinajstić information content (AvgIpc) is 2.99. The number of nitrogens with one attached hydrogen (secondary N) is 1. The number of benzene rings is 2. The number of rotatable bonds is 6. The third kappa shape index (κ3) is 4.49. The van der Waals surface area contributed by atoms with E-state index in [1.54, 1.807) is 6.21 Å². The van der Waals surface area contributed by atoms with Crippen molar-refractivity contribution in [3.05, 3.63) is 58.6 Å². The maximum Gasteiger partial charge on any atom is 0.250 e. The van der Waals surface area contributed by atoms with Crippen molar-refractivity contribution in [1.82, 2.24) is 15.0 Å². The van der Waals surface area contributed by atoms with Crippen LogP contribution in [-0.4, -0.2) is 27.4 Å². The molecule has 1 amide bonds. The van der Waals surface area contributed by atoms with E-state index >= 15 is 0 Å². The summed E-state index contributed by atoms with van der Waals surface area (Å²) in [5.41, 5.74) is 5.50. The number of aromatic nitrogens is 2. The molecule has 0 spiro atoms. The zero-order chi connectivity index (χ0) is 17.6. The predicted octanol–water partition coefficient (Wildman–Crippen LogP) is 4.06. The van der Waals surface area contributed by atoms with Gasteiger partial charge in [-0.15, -0.1) is 0 Å². The van der Waals surface area contributed by atoms with Gasteiger partial charge in [-0.2, -0.15) is 5.10 Å². The molecule has 25 heavy (non-hydrogen) atoms. The number of aryl methyl sites for hydroxylation is 1. The molecule has 0 unspecified atom stereocenters. The molecular weight excluding hydrogens is 400 g/mol. The van der Waals surface area contributed by atoms with Crippen LogP contribution in [0.3, 0.4) is 0 Å². The lowest BCUT2D eigenvalue weighted by molar-refractivity contribution is -0.118. The van der Waals surface area contributed by atoms with Gasteiger partial charge in [0.2, 0.25) is 0 Å². The number of imidazole rings is 1. The molecule has 7 heteroatoms. The van der Waals surface area contributed by atoms with Crippen molar-refractivity contribution in [2.45, 2.75) is 18.6 Å². The van der Waals surface area contributed by atoms with E-state index in [2.05, 4.69) is 42.9 Å². The van der Waals surface area contributed by atoms with Crippen molar-refractivity contribution in [2.75, 3.05) is 5.75 Å². The number of amides is 1. The van der Waals surface area contributed by atoms with Gasteiger partial charge in [0.1, 0.15) is 0 Å². The fourth-order valence-electron chi connectivity index (χ4n) is 2.36. The number of fused-ring (bicyclic) bond motifs is 1. The first-order valence-corrected chi connectivity index (χ1v) is 9.61. The van der Waals surface area contributed by atoms with Gasteiger partial charge in [0.25, 0.3) is 5.91 Å². The highest BCUT2D eigenvalue weighted by atomic mass is 79.9. The van der Waals surface area contributed by atoms with Crippen molar-refractivity contribution in [3.63, 3.8) is 0 Å². The van der Waals surface area contributed by atoms with Crippen LogP contribution < -0.4 is 5.43 Å². The zero-order valence-electron chi connectivity index (χ0n) is 13.6. The first-order valence-electron chi connectivity index (χ1n) is 7.83. The summed E-state index contributed by atoms with van der Waals surface area (Å²) in [6.45, 7) is 2.88. The second kappa shape index (κ2) is 8.31. The summed E-state index contributed by atoms with van der Waals surface area (Å²) in [7, 11) is 0. The quantitative estimate of drug-likeness (QED) is 0.374. The lowest BCUT2D eigenvalue weighted by Crippen LogP contribution is -2.20. The summed E-state index contributed by atoms with van der Waals surface area (Å²) >= 11 is 4.79. The van der Waals surface area contributed by atoms with Gasteiger partial charge in [0.05, 0.1) is 23.0 Å². The minimum absolute atomic E-state index is 0.159. The number of hydrogen-bond donors (Lipinski definition) is 1. The molecule has 0 aliphatic heterocycles. The fraction of sp³-hybridized carbons (Fsp3) is 0.167. The van der Waals surface area contributed by atoms with Crippen LogP contribution >= 0.6 is 27.7 Å². The van der Waals surface area contributed by atoms with E-state index < -0.39 is 0 Å². The molecule has 1 aromatic heterocycles. The lowest BCUT2D eigenvalue weighted by atomic mass is 10.2. The minimum atomic E-state index is -0.159. The van der Waals surface area contributed by atoms with Crippen LogP contribution in [0.1, 0.15) is 12.5 Å². The van der Waals surface area contributed by atoms with Gasteiger partial charge in [-0.1, -0.05) is 52.0 Å². The van der Waals surface area contributed by atoms with Crippen LogP contribution in [0.15, 0.2) is 63.3 Å². The fourth-order valence-corrected chi connectivity index (χ4v) is 3.49. The van der Waals surface area contributed by atoms with Crippen molar-refractivity contribution >= 4 is 50.8 Å². The van der Waals surface area contributed by atoms with Crippen LogP contribution in [0.25, 0.3) is 11.0 Å². The number of para-hydroxylation sites is 2. The highest BCUT2D eigenvalue weighted by molar-refractivity contribution is 9.10. The van der Waals surface area contributed by atoms with E-state index in [0.29, 0.717) is 0 Å². The van der Waals surface area contributed by atoms with Crippen LogP contribution in [0.5, 0.6) is 0 Å². The van der Waals surface area contributed by atoms with E-state index in [9.17, 15) is 4.79 Å². The first-order chi connectivity index (χ1) is 12.2.